The average Bonchev–Trinajstić information content (AvgIpc) is 2.45. The van der Waals surface area contributed by atoms with Crippen LogP contribution in [0.2, 0.25) is 0 Å². The first-order chi connectivity index (χ1) is 9.12. The minimum absolute atomic E-state index is 0.162. The molecule has 0 aliphatic carbocycles. The molecule has 1 atom stereocenters. The monoisotopic (exact) mass is 267 g/mol. The molecule has 0 aromatic heterocycles. The maximum atomic E-state index is 8.54. The third-order valence-electron chi connectivity index (χ3n) is 2.87. The number of hydrogen-bond donors (Lipinski definition) is 3. The predicted octanol–water partition coefficient (Wildman–Crippen LogP) is 0.971. The Kier molecular flexibility index (Phi) is 5.95. The molecule has 0 saturated heterocycles. The first-order valence-corrected chi connectivity index (χ1v) is 6.04. The average molecular weight is 267 g/mol. The van der Waals surface area contributed by atoms with Gasteiger partial charge in [-0.25, -0.2) is 0 Å². The van der Waals surface area contributed by atoms with Crippen LogP contribution in [0, 0.1) is 0 Å². The molecule has 6 nitrogen and oxygen atoms in total. The van der Waals surface area contributed by atoms with E-state index in [9.17, 15) is 0 Å². The number of benzene rings is 1. The Bertz CT molecular complexity index is 435. The van der Waals surface area contributed by atoms with Crippen LogP contribution in [0.4, 0.5) is 0 Å². The van der Waals surface area contributed by atoms with Gasteiger partial charge in [0.2, 0.25) is 0 Å². The summed E-state index contributed by atoms with van der Waals surface area (Å²) >= 11 is 0. The van der Waals surface area contributed by atoms with Gasteiger partial charge in [-0.1, -0.05) is 11.2 Å². The largest absolute Gasteiger partial charge is 0.493 e. The molecule has 0 spiro atoms. The van der Waals surface area contributed by atoms with E-state index in [2.05, 4.69) is 10.5 Å². The number of nitrogens with zero attached hydrogens (tertiary/aromatic N) is 1. The molecule has 1 unspecified atom stereocenters. The Morgan fingerprint density at radius 1 is 1.37 bits per heavy atom. The summed E-state index contributed by atoms with van der Waals surface area (Å²) in [4.78, 5) is 0. The molecule has 6 heteroatoms. The van der Waals surface area contributed by atoms with E-state index < -0.39 is 0 Å². The van der Waals surface area contributed by atoms with Crippen LogP contribution in [0.15, 0.2) is 23.4 Å². The highest BCUT2D eigenvalue weighted by Crippen LogP contribution is 2.27. The molecule has 19 heavy (non-hydrogen) atoms. The lowest BCUT2D eigenvalue weighted by molar-refractivity contribution is 0.315. The molecule has 0 radical (unpaired) electrons. The van der Waals surface area contributed by atoms with Gasteiger partial charge in [-0.05, 0) is 37.6 Å². The van der Waals surface area contributed by atoms with E-state index in [0.29, 0.717) is 18.0 Å². The number of methoxy groups -OCH3 is 2. The van der Waals surface area contributed by atoms with Crippen molar-refractivity contribution in [3.05, 3.63) is 23.8 Å². The lowest BCUT2D eigenvalue weighted by Gasteiger charge is -2.13. The number of nitrogens with one attached hydrogen (secondary N) is 1. The van der Waals surface area contributed by atoms with Crippen LogP contribution in [0.25, 0.3) is 0 Å². The van der Waals surface area contributed by atoms with Gasteiger partial charge in [-0.15, -0.1) is 0 Å². The van der Waals surface area contributed by atoms with E-state index >= 15 is 0 Å². The van der Waals surface area contributed by atoms with Crippen molar-refractivity contribution in [1.29, 1.82) is 0 Å². The highest BCUT2D eigenvalue weighted by molar-refractivity contribution is 5.84. The Balaban J connectivity index is 2.54. The number of hydrogen-bond acceptors (Lipinski definition) is 5. The van der Waals surface area contributed by atoms with Gasteiger partial charge in [0.25, 0.3) is 0 Å². The van der Waals surface area contributed by atoms with Crippen LogP contribution < -0.4 is 20.5 Å². The Hall–Kier alpha value is -1.95. The van der Waals surface area contributed by atoms with Crippen molar-refractivity contribution in [2.45, 2.75) is 19.4 Å². The normalized spacial score (nSPS) is 13.1. The van der Waals surface area contributed by atoms with Crippen molar-refractivity contribution < 1.29 is 14.7 Å². The van der Waals surface area contributed by atoms with Crippen molar-refractivity contribution >= 4 is 5.84 Å². The fourth-order valence-corrected chi connectivity index (χ4v) is 1.66. The van der Waals surface area contributed by atoms with Gasteiger partial charge in [-0.3, -0.25) is 0 Å². The first kappa shape index (κ1) is 15.1. The third kappa shape index (κ3) is 4.33. The molecule has 1 aromatic rings. The Morgan fingerprint density at radius 2 is 2.05 bits per heavy atom. The highest BCUT2D eigenvalue weighted by atomic mass is 16.5. The zero-order chi connectivity index (χ0) is 14.3. The van der Waals surface area contributed by atoms with Gasteiger partial charge in [0.05, 0.1) is 20.3 Å². The number of oxime groups is 1. The number of amidine groups is 1. The summed E-state index contributed by atoms with van der Waals surface area (Å²) in [6.45, 7) is 2.55. The molecule has 0 aliphatic heterocycles. The van der Waals surface area contributed by atoms with Gasteiger partial charge in [-0.2, -0.15) is 0 Å². The van der Waals surface area contributed by atoms with Crippen LogP contribution in [0.3, 0.4) is 0 Å². The molecular formula is C13H21N3O3. The molecule has 106 valence electrons. The summed E-state index contributed by atoms with van der Waals surface area (Å²) in [7, 11) is 3.22. The molecule has 0 saturated carbocycles. The number of rotatable bonds is 7. The van der Waals surface area contributed by atoms with Gasteiger partial charge < -0.3 is 25.7 Å². The smallest absolute Gasteiger partial charge is 0.160 e. The molecule has 0 bridgehead atoms. The summed E-state index contributed by atoms with van der Waals surface area (Å²) in [6.07, 6.45) is 0.809. The van der Waals surface area contributed by atoms with Crippen molar-refractivity contribution in [2.24, 2.45) is 10.9 Å². The topological polar surface area (TPSA) is 89.1 Å². The second-order valence-corrected chi connectivity index (χ2v) is 4.14. The third-order valence-corrected chi connectivity index (χ3v) is 2.87. The summed E-state index contributed by atoms with van der Waals surface area (Å²) < 4.78 is 10.4. The minimum Gasteiger partial charge on any atom is -0.493 e. The van der Waals surface area contributed by atoms with Gasteiger partial charge in [0.15, 0.2) is 17.3 Å². The van der Waals surface area contributed by atoms with Crippen LogP contribution >= 0.6 is 0 Å². The van der Waals surface area contributed by atoms with Crippen molar-refractivity contribution in [2.75, 3.05) is 20.8 Å². The summed E-state index contributed by atoms with van der Waals surface area (Å²) in [5.74, 6) is 1.60. The van der Waals surface area contributed by atoms with E-state index in [0.717, 1.165) is 12.0 Å². The van der Waals surface area contributed by atoms with Gasteiger partial charge in [0, 0.05) is 0 Å². The predicted molar refractivity (Wildman–Crippen MR) is 74.1 cm³/mol. The maximum Gasteiger partial charge on any atom is 0.160 e. The van der Waals surface area contributed by atoms with Crippen LogP contribution in [0.5, 0.6) is 11.5 Å². The summed E-state index contributed by atoms with van der Waals surface area (Å²) in [6, 6.07) is 5.64. The molecule has 0 fully saturated rings. The van der Waals surface area contributed by atoms with Crippen LogP contribution in [0.1, 0.15) is 12.5 Å². The summed E-state index contributed by atoms with van der Waals surface area (Å²) in [5, 5.41) is 14.7. The van der Waals surface area contributed by atoms with Crippen LogP contribution in [-0.2, 0) is 6.42 Å². The Morgan fingerprint density at radius 3 is 2.63 bits per heavy atom. The zero-order valence-corrected chi connectivity index (χ0v) is 11.5. The summed E-state index contributed by atoms with van der Waals surface area (Å²) in [5.41, 5.74) is 6.60. The van der Waals surface area contributed by atoms with Crippen molar-refractivity contribution in [3.63, 3.8) is 0 Å². The van der Waals surface area contributed by atoms with E-state index in [1.807, 2.05) is 25.1 Å². The van der Waals surface area contributed by atoms with Crippen LogP contribution in [-0.4, -0.2) is 37.8 Å². The zero-order valence-electron chi connectivity index (χ0n) is 11.5. The number of nitrogens with two attached hydrogens (primary N) is 1. The molecule has 0 heterocycles. The number of ether oxygens (including phenoxy) is 2. The second kappa shape index (κ2) is 7.48. The fourth-order valence-electron chi connectivity index (χ4n) is 1.66. The second-order valence-electron chi connectivity index (χ2n) is 4.14. The van der Waals surface area contributed by atoms with Gasteiger partial charge >= 0.3 is 0 Å². The van der Waals surface area contributed by atoms with E-state index in [4.69, 9.17) is 20.4 Å². The lowest BCUT2D eigenvalue weighted by atomic mass is 10.1. The minimum atomic E-state index is -0.162. The molecule has 1 rings (SSSR count). The maximum absolute atomic E-state index is 8.54. The van der Waals surface area contributed by atoms with Gasteiger partial charge in [0.1, 0.15) is 0 Å². The quantitative estimate of drug-likeness (QED) is 0.296. The Labute approximate surface area is 113 Å². The van der Waals surface area contributed by atoms with Crippen molar-refractivity contribution in [3.8, 4) is 11.5 Å². The lowest BCUT2D eigenvalue weighted by Crippen LogP contribution is -2.39. The SMILES string of the molecule is COc1ccc(CCNC(C)C(N)=NO)cc1OC. The molecular weight excluding hydrogens is 246 g/mol. The molecule has 4 N–H and O–H groups in total. The molecule has 0 amide bonds. The van der Waals surface area contributed by atoms with E-state index in [1.165, 1.54) is 0 Å². The molecule has 0 aliphatic rings. The highest BCUT2D eigenvalue weighted by Gasteiger charge is 2.07. The van der Waals surface area contributed by atoms with Crippen molar-refractivity contribution in [1.82, 2.24) is 5.32 Å². The van der Waals surface area contributed by atoms with E-state index in [-0.39, 0.29) is 11.9 Å². The first-order valence-electron chi connectivity index (χ1n) is 6.04. The molecule has 1 aromatic carbocycles. The fraction of sp³-hybridized carbons (Fsp3) is 0.462. The standard InChI is InChI=1S/C13H21N3O3/c1-9(13(14)16-17)15-7-6-10-4-5-11(18-2)12(8-10)19-3/h4-5,8-9,15,17H,6-7H2,1-3H3,(H2,14,16). The van der Waals surface area contributed by atoms with E-state index in [1.54, 1.807) is 14.2 Å².